The van der Waals surface area contributed by atoms with Crippen LogP contribution in [0.3, 0.4) is 0 Å². The van der Waals surface area contributed by atoms with E-state index >= 15 is 0 Å². The molecule has 1 amide bonds. The van der Waals surface area contributed by atoms with E-state index in [-0.39, 0.29) is 35.8 Å². The summed E-state index contributed by atoms with van der Waals surface area (Å²) in [6.45, 7) is 13.3. The molecule has 6 nitrogen and oxygen atoms in total. The molecule has 1 atom stereocenters. The number of halogens is 1. The van der Waals surface area contributed by atoms with E-state index in [9.17, 15) is 4.79 Å². The summed E-state index contributed by atoms with van der Waals surface area (Å²) in [4.78, 5) is 18.7. The zero-order chi connectivity index (χ0) is 16.4. The van der Waals surface area contributed by atoms with Gasteiger partial charge < -0.3 is 16.0 Å². The molecule has 0 saturated carbocycles. The third kappa shape index (κ3) is 8.74. The van der Waals surface area contributed by atoms with Crippen molar-refractivity contribution in [1.82, 2.24) is 20.9 Å². The Balaban J connectivity index is 0.00000484. The molecule has 1 fully saturated rings. The first-order valence-corrected chi connectivity index (χ1v) is 8.62. The normalized spacial score (nSPS) is 18.7. The van der Waals surface area contributed by atoms with Crippen molar-refractivity contribution in [3.8, 4) is 0 Å². The summed E-state index contributed by atoms with van der Waals surface area (Å²) in [5.41, 5.74) is 0. The number of aliphatic imine (C=N–C) groups is 1. The lowest BCUT2D eigenvalue weighted by Gasteiger charge is -2.21. The van der Waals surface area contributed by atoms with Crippen LogP contribution in [0.25, 0.3) is 0 Å². The predicted molar refractivity (Wildman–Crippen MR) is 108 cm³/mol. The minimum atomic E-state index is 0. The van der Waals surface area contributed by atoms with Crippen LogP contribution in [0.15, 0.2) is 4.99 Å². The number of nitrogens with zero attached hydrogens (tertiary/aromatic N) is 2. The summed E-state index contributed by atoms with van der Waals surface area (Å²) in [6, 6.07) is 0.570. The standard InChI is InChI=1S/C16H33N5O.HI/c1-5-17-16(19-10-9-18-15(22)13(3)4)20-12-14-8-7-11-21(14)6-2;/h13-14H,5-12H2,1-4H3,(H,18,22)(H2,17,19,20);1H. The van der Waals surface area contributed by atoms with Crippen LogP contribution in [0.2, 0.25) is 0 Å². The summed E-state index contributed by atoms with van der Waals surface area (Å²) in [5, 5.41) is 9.44. The molecule has 0 aromatic carbocycles. The largest absolute Gasteiger partial charge is 0.357 e. The third-order valence-corrected chi connectivity index (χ3v) is 3.95. The molecule has 0 aromatic heterocycles. The van der Waals surface area contributed by atoms with Crippen molar-refractivity contribution in [1.29, 1.82) is 0 Å². The Kier molecular flexibility index (Phi) is 12.5. The van der Waals surface area contributed by atoms with Crippen molar-refractivity contribution in [3.05, 3.63) is 0 Å². The monoisotopic (exact) mass is 439 g/mol. The van der Waals surface area contributed by atoms with Crippen molar-refractivity contribution in [3.63, 3.8) is 0 Å². The number of carbonyl (C=O) groups excluding carboxylic acids is 1. The highest BCUT2D eigenvalue weighted by Gasteiger charge is 2.22. The highest BCUT2D eigenvalue weighted by molar-refractivity contribution is 14.0. The number of rotatable bonds is 8. The second-order valence-corrected chi connectivity index (χ2v) is 6.02. The van der Waals surface area contributed by atoms with Crippen molar-refractivity contribution < 1.29 is 4.79 Å². The molecular formula is C16H34IN5O. The van der Waals surface area contributed by atoms with E-state index in [0.717, 1.165) is 25.6 Å². The lowest BCUT2D eigenvalue weighted by molar-refractivity contribution is -0.123. The second-order valence-electron chi connectivity index (χ2n) is 6.02. The molecule has 136 valence electrons. The van der Waals surface area contributed by atoms with Crippen LogP contribution in [0, 0.1) is 5.92 Å². The van der Waals surface area contributed by atoms with Crippen LogP contribution in [-0.2, 0) is 4.79 Å². The topological polar surface area (TPSA) is 68.8 Å². The molecule has 1 unspecified atom stereocenters. The molecule has 1 aliphatic heterocycles. The molecule has 1 rings (SSSR count). The van der Waals surface area contributed by atoms with E-state index in [1.807, 2.05) is 13.8 Å². The highest BCUT2D eigenvalue weighted by Crippen LogP contribution is 2.16. The Hall–Kier alpha value is -0.570. The first-order chi connectivity index (χ1) is 10.6. The van der Waals surface area contributed by atoms with E-state index in [1.54, 1.807) is 0 Å². The van der Waals surface area contributed by atoms with Gasteiger partial charge in [0.1, 0.15) is 0 Å². The van der Waals surface area contributed by atoms with Crippen LogP contribution in [-0.4, -0.2) is 62.1 Å². The summed E-state index contributed by atoms with van der Waals surface area (Å²) >= 11 is 0. The first-order valence-electron chi connectivity index (χ1n) is 8.62. The van der Waals surface area contributed by atoms with Gasteiger partial charge in [0.25, 0.3) is 0 Å². The molecule has 1 saturated heterocycles. The Labute approximate surface area is 158 Å². The van der Waals surface area contributed by atoms with Gasteiger partial charge in [-0.25, -0.2) is 0 Å². The van der Waals surface area contributed by atoms with Crippen LogP contribution in [0.1, 0.15) is 40.5 Å². The van der Waals surface area contributed by atoms with Crippen LogP contribution in [0.5, 0.6) is 0 Å². The number of likely N-dealkylation sites (N-methyl/N-ethyl adjacent to an activating group) is 1. The fourth-order valence-corrected chi connectivity index (χ4v) is 2.63. The fraction of sp³-hybridized carbons (Fsp3) is 0.875. The van der Waals surface area contributed by atoms with Crippen LogP contribution in [0.4, 0.5) is 0 Å². The Morgan fingerprint density at radius 2 is 1.91 bits per heavy atom. The molecular weight excluding hydrogens is 405 g/mol. The van der Waals surface area contributed by atoms with E-state index in [2.05, 4.69) is 39.7 Å². The van der Waals surface area contributed by atoms with E-state index in [4.69, 9.17) is 0 Å². The maximum Gasteiger partial charge on any atom is 0.222 e. The molecule has 0 radical (unpaired) electrons. The number of likely N-dealkylation sites (tertiary alicyclic amines) is 1. The Bertz CT molecular complexity index is 362. The number of hydrogen-bond donors (Lipinski definition) is 3. The average Bonchev–Trinajstić information content (AvgIpc) is 2.96. The quantitative estimate of drug-likeness (QED) is 0.232. The van der Waals surface area contributed by atoms with Gasteiger partial charge in [-0.1, -0.05) is 20.8 Å². The first kappa shape index (κ1) is 22.4. The predicted octanol–water partition coefficient (Wildman–Crippen LogP) is 1.42. The fourth-order valence-electron chi connectivity index (χ4n) is 2.63. The maximum atomic E-state index is 11.5. The molecule has 7 heteroatoms. The van der Waals surface area contributed by atoms with Gasteiger partial charge in [0, 0.05) is 31.6 Å². The van der Waals surface area contributed by atoms with Crippen molar-refractivity contribution in [2.24, 2.45) is 10.9 Å². The van der Waals surface area contributed by atoms with Crippen molar-refractivity contribution >= 4 is 35.8 Å². The van der Waals surface area contributed by atoms with Gasteiger partial charge in [0.05, 0.1) is 6.54 Å². The Morgan fingerprint density at radius 3 is 2.52 bits per heavy atom. The molecule has 3 N–H and O–H groups in total. The molecule has 23 heavy (non-hydrogen) atoms. The average molecular weight is 439 g/mol. The van der Waals surface area contributed by atoms with Crippen molar-refractivity contribution in [2.45, 2.75) is 46.6 Å². The molecule has 0 bridgehead atoms. The maximum absolute atomic E-state index is 11.5. The third-order valence-electron chi connectivity index (χ3n) is 3.95. The number of nitrogens with one attached hydrogen (secondary N) is 3. The van der Waals surface area contributed by atoms with Gasteiger partial charge in [-0.15, -0.1) is 24.0 Å². The van der Waals surface area contributed by atoms with Gasteiger partial charge >= 0.3 is 0 Å². The summed E-state index contributed by atoms with van der Waals surface area (Å²) in [6.07, 6.45) is 2.51. The van der Waals surface area contributed by atoms with E-state index in [0.29, 0.717) is 19.1 Å². The summed E-state index contributed by atoms with van der Waals surface area (Å²) < 4.78 is 0. The van der Waals surface area contributed by atoms with Gasteiger partial charge in [-0.05, 0) is 32.9 Å². The SMILES string of the molecule is CCNC(=NCC1CCCN1CC)NCCNC(=O)C(C)C.I. The van der Waals surface area contributed by atoms with E-state index in [1.165, 1.54) is 19.4 Å². The molecule has 1 aliphatic rings. The van der Waals surface area contributed by atoms with Gasteiger partial charge in [-0.3, -0.25) is 14.7 Å². The number of carbonyl (C=O) groups is 1. The number of guanidine groups is 1. The number of hydrogen-bond acceptors (Lipinski definition) is 3. The second kappa shape index (κ2) is 12.8. The summed E-state index contributed by atoms with van der Waals surface area (Å²) in [5.74, 6) is 0.960. The molecule has 0 aliphatic carbocycles. The van der Waals surface area contributed by atoms with Crippen molar-refractivity contribution in [2.75, 3.05) is 39.3 Å². The summed E-state index contributed by atoms with van der Waals surface area (Å²) in [7, 11) is 0. The Morgan fingerprint density at radius 1 is 1.22 bits per heavy atom. The minimum Gasteiger partial charge on any atom is -0.357 e. The van der Waals surface area contributed by atoms with Gasteiger partial charge in [-0.2, -0.15) is 0 Å². The molecule has 0 aromatic rings. The zero-order valence-electron chi connectivity index (χ0n) is 15.0. The molecule has 1 heterocycles. The van der Waals surface area contributed by atoms with Crippen LogP contribution >= 0.6 is 24.0 Å². The number of amides is 1. The lowest BCUT2D eigenvalue weighted by atomic mass is 10.2. The van der Waals surface area contributed by atoms with Gasteiger partial charge in [0.15, 0.2) is 5.96 Å². The smallest absolute Gasteiger partial charge is 0.222 e. The highest BCUT2D eigenvalue weighted by atomic mass is 127. The van der Waals surface area contributed by atoms with Crippen LogP contribution < -0.4 is 16.0 Å². The zero-order valence-corrected chi connectivity index (χ0v) is 17.4. The van der Waals surface area contributed by atoms with E-state index < -0.39 is 0 Å². The minimum absolute atomic E-state index is 0. The molecule has 0 spiro atoms. The van der Waals surface area contributed by atoms with Gasteiger partial charge in [0.2, 0.25) is 5.91 Å². The lowest BCUT2D eigenvalue weighted by Crippen LogP contribution is -2.43.